The molecule has 2 aliphatic heterocycles. The first-order chi connectivity index (χ1) is 8.81. The lowest BCUT2D eigenvalue weighted by molar-refractivity contribution is 0.157. The third kappa shape index (κ3) is 2.23. The maximum atomic E-state index is 5.66. The normalized spacial score (nSPS) is 36.2. The third-order valence-electron chi connectivity index (χ3n) is 4.98. The summed E-state index contributed by atoms with van der Waals surface area (Å²) in [5.41, 5.74) is 5.54. The summed E-state index contributed by atoms with van der Waals surface area (Å²) in [5.74, 6) is 3.26. The molecule has 0 spiro atoms. The van der Waals surface area contributed by atoms with E-state index in [1.54, 1.807) is 0 Å². The Labute approximate surface area is 119 Å². The zero-order valence-electron chi connectivity index (χ0n) is 11.0. The van der Waals surface area contributed by atoms with E-state index >= 15 is 0 Å². The van der Waals surface area contributed by atoms with E-state index in [4.69, 9.17) is 10.2 Å². The van der Waals surface area contributed by atoms with Crippen LogP contribution in [0.4, 0.5) is 6.01 Å². The number of aromatic nitrogens is 2. The molecule has 2 atom stereocenters. The Kier molecular flexibility index (Phi) is 3.43. The summed E-state index contributed by atoms with van der Waals surface area (Å²) < 4.78 is 5.66. The van der Waals surface area contributed by atoms with Gasteiger partial charge >= 0.3 is 6.01 Å². The Bertz CT molecular complexity index is 438. The average Bonchev–Trinajstić information content (AvgIpc) is 2.75. The molecule has 2 saturated heterocycles. The maximum Gasteiger partial charge on any atom is 0.318 e. The first-order valence-electron chi connectivity index (χ1n) is 7.11. The highest BCUT2D eigenvalue weighted by Crippen LogP contribution is 2.48. The summed E-state index contributed by atoms with van der Waals surface area (Å²) in [4.78, 5) is 2.37. The number of halogens is 1. The summed E-state index contributed by atoms with van der Waals surface area (Å²) >= 11 is 0. The first-order valence-corrected chi connectivity index (χ1v) is 7.11. The van der Waals surface area contributed by atoms with E-state index in [1.807, 2.05) is 0 Å². The summed E-state index contributed by atoms with van der Waals surface area (Å²) in [6, 6.07) is 1.32. The molecular formula is C13H21ClN4O. The zero-order valence-corrected chi connectivity index (χ0v) is 11.8. The standard InChI is InChI=1S/C13H20N4O.ClH/c14-6-12-15-16-13(18-12)17-7-10-2-8-1-9(3-10)5-11(17)4-8;/h8-11H,1-7,14H2;1H. The van der Waals surface area contributed by atoms with Gasteiger partial charge in [0.1, 0.15) is 0 Å². The molecule has 0 radical (unpaired) electrons. The third-order valence-corrected chi connectivity index (χ3v) is 4.98. The lowest BCUT2D eigenvalue weighted by atomic mass is 9.68. The fourth-order valence-electron chi connectivity index (χ4n) is 4.46. The molecule has 4 fully saturated rings. The van der Waals surface area contributed by atoms with Gasteiger partial charge in [-0.1, -0.05) is 5.10 Å². The summed E-state index contributed by atoms with van der Waals surface area (Å²) in [5, 5.41) is 8.18. The van der Waals surface area contributed by atoms with Crippen molar-refractivity contribution in [2.45, 2.75) is 44.7 Å². The molecule has 4 bridgehead atoms. The fourth-order valence-corrected chi connectivity index (χ4v) is 4.46. The van der Waals surface area contributed by atoms with Crippen LogP contribution in [0, 0.1) is 17.8 Å². The van der Waals surface area contributed by atoms with Gasteiger partial charge in [0.25, 0.3) is 0 Å². The molecule has 4 aliphatic rings. The smallest absolute Gasteiger partial charge is 0.318 e. The maximum absolute atomic E-state index is 5.66. The predicted octanol–water partition coefficient (Wildman–Crippen LogP) is 1.97. The molecule has 3 heterocycles. The van der Waals surface area contributed by atoms with Crippen molar-refractivity contribution >= 4 is 18.4 Å². The molecule has 2 aliphatic carbocycles. The Morgan fingerprint density at radius 1 is 1.05 bits per heavy atom. The van der Waals surface area contributed by atoms with Gasteiger partial charge in [0.2, 0.25) is 5.89 Å². The molecule has 2 unspecified atom stereocenters. The highest BCUT2D eigenvalue weighted by molar-refractivity contribution is 5.85. The Morgan fingerprint density at radius 3 is 2.37 bits per heavy atom. The van der Waals surface area contributed by atoms with E-state index in [2.05, 4.69) is 15.1 Å². The van der Waals surface area contributed by atoms with Crippen molar-refractivity contribution in [3.8, 4) is 0 Å². The van der Waals surface area contributed by atoms with Crippen LogP contribution in [0.15, 0.2) is 4.42 Å². The van der Waals surface area contributed by atoms with E-state index in [-0.39, 0.29) is 12.4 Å². The van der Waals surface area contributed by atoms with Crippen LogP contribution in [-0.4, -0.2) is 22.8 Å². The zero-order chi connectivity index (χ0) is 12.1. The quantitative estimate of drug-likeness (QED) is 0.899. The van der Waals surface area contributed by atoms with E-state index in [1.165, 1.54) is 32.1 Å². The van der Waals surface area contributed by atoms with Crippen molar-refractivity contribution in [2.75, 3.05) is 11.4 Å². The van der Waals surface area contributed by atoms with Crippen molar-refractivity contribution in [2.24, 2.45) is 23.5 Å². The van der Waals surface area contributed by atoms with Gasteiger partial charge in [0.05, 0.1) is 6.54 Å². The largest absolute Gasteiger partial charge is 0.407 e. The topological polar surface area (TPSA) is 68.2 Å². The monoisotopic (exact) mass is 284 g/mol. The Hall–Kier alpha value is -0.810. The second kappa shape index (κ2) is 4.94. The lowest BCUT2D eigenvalue weighted by Gasteiger charge is -2.38. The van der Waals surface area contributed by atoms with Gasteiger partial charge < -0.3 is 15.1 Å². The van der Waals surface area contributed by atoms with Crippen LogP contribution in [0.2, 0.25) is 0 Å². The van der Waals surface area contributed by atoms with E-state index in [0.717, 1.165) is 24.3 Å². The van der Waals surface area contributed by atoms with Gasteiger partial charge in [-0.15, -0.1) is 17.5 Å². The van der Waals surface area contributed by atoms with Crippen LogP contribution in [-0.2, 0) is 6.54 Å². The number of fused-ring (bicyclic) bond motifs is 1. The van der Waals surface area contributed by atoms with Gasteiger partial charge in [-0.3, -0.25) is 0 Å². The predicted molar refractivity (Wildman–Crippen MR) is 74.1 cm³/mol. The summed E-state index contributed by atoms with van der Waals surface area (Å²) in [6.45, 7) is 1.43. The molecule has 2 saturated carbocycles. The van der Waals surface area contributed by atoms with Crippen LogP contribution >= 0.6 is 12.4 Å². The van der Waals surface area contributed by atoms with Crippen LogP contribution in [0.25, 0.3) is 0 Å². The minimum Gasteiger partial charge on any atom is -0.407 e. The van der Waals surface area contributed by atoms with E-state index < -0.39 is 0 Å². The number of hydrogen-bond donors (Lipinski definition) is 1. The highest BCUT2D eigenvalue weighted by atomic mass is 35.5. The molecule has 0 amide bonds. The van der Waals surface area contributed by atoms with Crippen LogP contribution < -0.4 is 10.6 Å². The minimum absolute atomic E-state index is 0. The minimum atomic E-state index is 0. The van der Waals surface area contributed by atoms with E-state index in [9.17, 15) is 0 Å². The summed E-state index contributed by atoms with van der Waals surface area (Å²) in [7, 11) is 0. The average molecular weight is 285 g/mol. The van der Waals surface area contributed by atoms with Crippen LogP contribution in [0.5, 0.6) is 0 Å². The summed E-state index contributed by atoms with van der Waals surface area (Å²) in [6.07, 6.45) is 6.89. The van der Waals surface area contributed by atoms with Crippen molar-refractivity contribution in [1.29, 1.82) is 0 Å². The van der Waals surface area contributed by atoms with Crippen LogP contribution in [0.3, 0.4) is 0 Å². The van der Waals surface area contributed by atoms with Crippen LogP contribution in [0.1, 0.15) is 38.0 Å². The Morgan fingerprint density at radius 2 is 1.74 bits per heavy atom. The number of nitrogens with two attached hydrogens (primary N) is 1. The van der Waals surface area contributed by atoms with Crippen molar-refractivity contribution in [3.05, 3.63) is 5.89 Å². The van der Waals surface area contributed by atoms with Crippen molar-refractivity contribution in [3.63, 3.8) is 0 Å². The SMILES string of the molecule is Cl.NCc1nnc(N2CC3CC4CC(C3)CC2C4)o1. The Balaban J connectivity index is 0.00000110. The number of hydrogen-bond acceptors (Lipinski definition) is 5. The van der Waals surface area contributed by atoms with Gasteiger partial charge in [-0.05, 0) is 49.9 Å². The second-order valence-electron chi connectivity index (χ2n) is 6.27. The molecule has 19 heavy (non-hydrogen) atoms. The molecule has 1 aromatic heterocycles. The molecule has 1 aromatic rings. The van der Waals surface area contributed by atoms with Gasteiger partial charge in [-0.25, -0.2) is 0 Å². The molecule has 6 heteroatoms. The lowest BCUT2D eigenvalue weighted by Crippen LogP contribution is -2.38. The second-order valence-corrected chi connectivity index (χ2v) is 6.27. The highest BCUT2D eigenvalue weighted by Gasteiger charge is 2.43. The molecule has 2 N–H and O–H groups in total. The molecule has 5 rings (SSSR count). The number of rotatable bonds is 2. The van der Waals surface area contributed by atoms with Gasteiger partial charge in [0.15, 0.2) is 0 Å². The molecule has 0 aromatic carbocycles. The van der Waals surface area contributed by atoms with Gasteiger partial charge in [0, 0.05) is 12.6 Å². The molecule has 5 nitrogen and oxygen atoms in total. The fraction of sp³-hybridized carbons (Fsp3) is 0.846. The molecule has 106 valence electrons. The number of nitrogens with zero attached hydrogens (tertiary/aromatic N) is 3. The van der Waals surface area contributed by atoms with Crippen molar-refractivity contribution < 1.29 is 4.42 Å². The number of anilines is 1. The first kappa shape index (κ1) is 13.2. The van der Waals surface area contributed by atoms with Gasteiger partial charge in [-0.2, -0.15) is 0 Å². The van der Waals surface area contributed by atoms with E-state index in [0.29, 0.717) is 24.5 Å². The van der Waals surface area contributed by atoms with Crippen molar-refractivity contribution in [1.82, 2.24) is 10.2 Å². The molecular weight excluding hydrogens is 264 g/mol.